The van der Waals surface area contributed by atoms with Gasteiger partial charge < -0.3 is 5.32 Å². The predicted octanol–water partition coefficient (Wildman–Crippen LogP) is 3.13. The van der Waals surface area contributed by atoms with Gasteiger partial charge in [-0.05, 0) is 23.6 Å². The molecule has 2 rings (SSSR count). The number of rotatable bonds is 1. The van der Waals surface area contributed by atoms with Crippen molar-refractivity contribution < 1.29 is 0 Å². The summed E-state index contributed by atoms with van der Waals surface area (Å²) in [6, 6.07) is 6.40. The van der Waals surface area contributed by atoms with Crippen LogP contribution in [0.2, 0.25) is 0 Å². The van der Waals surface area contributed by atoms with Crippen molar-refractivity contribution in [1.82, 2.24) is 0 Å². The summed E-state index contributed by atoms with van der Waals surface area (Å²) >= 11 is 0. The Kier molecular flexibility index (Phi) is 2.12. The molecule has 1 heterocycles. The van der Waals surface area contributed by atoms with E-state index in [1.807, 2.05) is 6.21 Å². The molecule has 0 aromatic heterocycles. The monoisotopic (exact) mass is 186 g/mol. The molecule has 0 saturated carbocycles. The topological polar surface area (TPSA) is 24.4 Å². The highest BCUT2D eigenvalue weighted by Crippen LogP contribution is 2.24. The van der Waals surface area contributed by atoms with Crippen molar-refractivity contribution in [2.75, 3.05) is 5.32 Å². The van der Waals surface area contributed by atoms with Crippen LogP contribution < -0.4 is 5.32 Å². The Morgan fingerprint density at radius 3 is 2.86 bits per heavy atom. The lowest BCUT2D eigenvalue weighted by atomic mass is 9.99. The molecular weight excluding hydrogens is 172 g/mol. The Hall–Kier alpha value is -1.57. The van der Waals surface area contributed by atoms with Gasteiger partial charge in [-0.2, -0.15) is 0 Å². The SMILES string of the molecule is C=C1N=Cc2cc(C(C)C)ccc2N1. The van der Waals surface area contributed by atoms with Gasteiger partial charge in [0.05, 0.1) is 0 Å². The zero-order chi connectivity index (χ0) is 10.1. The van der Waals surface area contributed by atoms with Gasteiger partial charge >= 0.3 is 0 Å². The Morgan fingerprint density at radius 2 is 2.14 bits per heavy atom. The highest BCUT2D eigenvalue weighted by atomic mass is 15.0. The third-order valence-electron chi connectivity index (χ3n) is 2.38. The van der Waals surface area contributed by atoms with Crippen molar-refractivity contribution in [3.8, 4) is 0 Å². The van der Waals surface area contributed by atoms with Crippen LogP contribution in [0.5, 0.6) is 0 Å². The molecule has 1 N–H and O–H groups in total. The van der Waals surface area contributed by atoms with Gasteiger partial charge in [-0.1, -0.05) is 26.5 Å². The summed E-state index contributed by atoms with van der Waals surface area (Å²) in [5.74, 6) is 1.26. The van der Waals surface area contributed by atoms with E-state index in [9.17, 15) is 0 Å². The standard InChI is InChI=1S/C12H14N2/c1-8(2)10-4-5-12-11(6-10)7-13-9(3)14-12/h4-8,14H,3H2,1-2H3. The second-order valence-electron chi connectivity index (χ2n) is 3.83. The van der Waals surface area contributed by atoms with E-state index in [1.165, 1.54) is 5.56 Å². The average Bonchev–Trinajstić information content (AvgIpc) is 2.16. The summed E-state index contributed by atoms with van der Waals surface area (Å²) in [6.07, 6.45) is 1.86. The largest absolute Gasteiger partial charge is 0.340 e. The molecule has 1 aliphatic heterocycles. The summed E-state index contributed by atoms with van der Waals surface area (Å²) < 4.78 is 0. The molecule has 0 fully saturated rings. The number of hydrogen-bond acceptors (Lipinski definition) is 2. The van der Waals surface area contributed by atoms with Gasteiger partial charge in [-0.3, -0.25) is 0 Å². The third-order valence-corrected chi connectivity index (χ3v) is 2.38. The van der Waals surface area contributed by atoms with Crippen LogP contribution in [0.1, 0.15) is 30.9 Å². The van der Waals surface area contributed by atoms with Crippen LogP contribution in [0, 0.1) is 0 Å². The Balaban J connectivity index is 2.44. The number of anilines is 1. The van der Waals surface area contributed by atoms with E-state index < -0.39 is 0 Å². The zero-order valence-electron chi connectivity index (χ0n) is 8.54. The Labute approximate surface area is 84.4 Å². The second kappa shape index (κ2) is 3.29. The van der Waals surface area contributed by atoms with Gasteiger partial charge in [-0.15, -0.1) is 0 Å². The van der Waals surface area contributed by atoms with E-state index in [2.05, 4.69) is 48.9 Å². The molecular formula is C12H14N2. The Morgan fingerprint density at radius 1 is 1.36 bits per heavy atom. The predicted molar refractivity (Wildman–Crippen MR) is 60.9 cm³/mol. The van der Waals surface area contributed by atoms with Gasteiger partial charge in [0.2, 0.25) is 0 Å². The summed E-state index contributed by atoms with van der Waals surface area (Å²) in [5.41, 5.74) is 3.57. The fourth-order valence-electron chi connectivity index (χ4n) is 1.50. The first-order valence-electron chi connectivity index (χ1n) is 4.81. The molecule has 0 saturated heterocycles. The summed E-state index contributed by atoms with van der Waals surface area (Å²) in [4.78, 5) is 4.14. The van der Waals surface area contributed by atoms with Crippen molar-refractivity contribution in [3.63, 3.8) is 0 Å². The first-order valence-corrected chi connectivity index (χ1v) is 4.81. The van der Waals surface area contributed by atoms with Crippen LogP contribution in [0.3, 0.4) is 0 Å². The number of benzene rings is 1. The minimum Gasteiger partial charge on any atom is -0.340 e. The van der Waals surface area contributed by atoms with Crippen molar-refractivity contribution in [2.24, 2.45) is 4.99 Å². The summed E-state index contributed by atoms with van der Waals surface area (Å²) in [6.45, 7) is 8.14. The Bertz CT molecular complexity index is 403. The van der Waals surface area contributed by atoms with Gasteiger partial charge in [0.25, 0.3) is 0 Å². The summed E-state index contributed by atoms with van der Waals surface area (Å²) in [7, 11) is 0. The minimum absolute atomic E-state index is 0.554. The number of nitrogens with zero attached hydrogens (tertiary/aromatic N) is 1. The normalized spacial score (nSPS) is 14.1. The first kappa shape index (κ1) is 9.00. The molecule has 0 aliphatic carbocycles. The summed E-state index contributed by atoms with van der Waals surface area (Å²) in [5, 5.41) is 3.13. The maximum absolute atomic E-state index is 4.14. The van der Waals surface area contributed by atoms with Gasteiger partial charge in [0.1, 0.15) is 5.82 Å². The van der Waals surface area contributed by atoms with E-state index in [4.69, 9.17) is 0 Å². The van der Waals surface area contributed by atoms with Crippen LogP contribution in [0.4, 0.5) is 5.69 Å². The minimum atomic E-state index is 0.554. The number of nitrogens with one attached hydrogen (secondary N) is 1. The average molecular weight is 186 g/mol. The zero-order valence-corrected chi connectivity index (χ0v) is 8.54. The van der Waals surface area contributed by atoms with Crippen molar-refractivity contribution in [2.45, 2.75) is 19.8 Å². The third kappa shape index (κ3) is 1.55. The van der Waals surface area contributed by atoms with Crippen LogP contribution in [-0.4, -0.2) is 6.21 Å². The molecule has 0 amide bonds. The molecule has 1 aromatic carbocycles. The van der Waals surface area contributed by atoms with Crippen LogP contribution in [-0.2, 0) is 0 Å². The van der Waals surface area contributed by atoms with Crippen LogP contribution in [0.15, 0.2) is 35.6 Å². The van der Waals surface area contributed by atoms with E-state index in [1.54, 1.807) is 0 Å². The molecule has 1 aromatic rings. The number of fused-ring (bicyclic) bond motifs is 1. The molecule has 0 unspecified atom stereocenters. The molecule has 0 bridgehead atoms. The van der Waals surface area contributed by atoms with Crippen molar-refractivity contribution in [1.29, 1.82) is 0 Å². The van der Waals surface area contributed by atoms with Gasteiger partial charge in [0.15, 0.2) is 0 Å². The quantitative estimate of drug-likeness (QED) is 0.716. The van der Waals surface area contributed by atoms with E-state index in [-0.39, 0.29) is 0 Å². The molecule has 0 spiro atoms. The molecule has 0 radical (unpaired) electrons. The molecule has 0 atom stereocenters. The highest BCUT2D eigenvalue weighted by molar-refractivity contribution is 5.91. The van der Waals surface area contributed by atoms with Crippen molar-refractivity contribution >= 4 is 11.9 Å². The van der Waals surface area contributed by atoms with Crippen molar-refractivity contribution in [3.05, 3.63) is 41.7 Å². The molecule has 14 heavy (non-hydrogen) atoms. The van der Waals surface area contributed by atoms with E-state index in [0.29, 0.717) is 11.7 Å². The lowest BCUT2D eigenvalue weighted by Gasteiger charge is -2.16. The van der Waals surface area contributed by atoms with E-state index >= 15 is 0 Å². The maximum atomic E-state index is 4.14. The fourth-order valence-corrected chi connectivity index (χ4v) is 1.50. The van der Waals surface area contributed by atoms with Gasteiger partial charge in [-0.25, -0.2) is 4.99 Å². The molecule has 2 heteroatoms. The molecule has 2 nitrogen and oxygen atoms in total. The fraction of sp³-hybridized carbons (Fsp3) is 0.250. The van der Waals surface area contributed by atoms with Gasteiger partial charge in [0, 0.05) is 17.5 Å². The van der Waals surface area contributed by atoms with E-state index in [0.717, 1.165) is 11.3 Å². The number of hydrogen-bond donors (Lipinski definition) is 1. The second-order valence-corrected chi connectivity index (χ2v) is 3.83. The first-order chi connectivity index (χ1) is 6.66. The number of aliphatic imine (C=N–C) groups is 1. The maximum Gasteiger partial charge on any atom is 0.123 e. The lowest BCUT2D eigenvalue weighted by molar-refractivity contribution is 0.866. The highest BCUT2D eigenvalue weighted by Gasteiger charge is 2.08. The van der Waals surface area contributed by atoms with Crippen LogP contribution in [0.25, 0.3) is 0 Å². The molecule has 1 aliphatic rings. The lowest BCUT2D eigenvalue weighted by Crippen LogP contribution is -2.05. The molecule has 72 valence electrons. The smallest absolute Gasteiger partial charge is 0.123 e. The van der Waals surface area contributed by atoms with Crippen LogP contribution >= 0.6 is 0 Å².